The summed E-state index contributed by atoms with van der Waals surface area (Å²) in [5.74, 6) is 1.36. The van der Waals surface area contributed by atoms with Gasteiger partial charge in [0.15, 0.2) is 0 Å². The summed E-state index contributed by atoms with van der Waals surface area (Å²) in [6.45, 7) is 13.8. The summed E-state index contributed by atoms with van der Waals surface area (Å²) in [5.41, 5.74) is 5.92. The van der Waals surface area contributed by atoms with E-state index in [2.05, 4.69) is 49.9 Å². The quantitative estimate of drug-likeness (QED) is 0.579. The Morgan fingerprint density at radius 3 is 2.38 bits per heavy atom. The zero-order valence-corrected chi connectivity index (χ0v) is 21.2. The second-order valence-corrected chi connectivity index (χ2v) is 11.5. The van der Waals surface area contributed by atoms with Crippen LogP contribution in [0, 0.1) is 18.3 Å². The molecule has 3 aliphatic heterocycles. The SMILES string of the molecule is Cc1cc2c(cc1-c1ccc(OC(C)C)cc1)CC(C)(C)[C@H]2N(C(=O)O)[C@@H]1CN2CCC1CC2. The van der Waals surface area contributed by atoms with Crippen LogP contribution in [0.5, 0.6) is 5.75 Å². The van der Waals surface area contributed by atoms with Crippen LogP contribution in [0.1, 0.15) is 63.3 Å². The zero-order chi connectivity index (χ0) is 24.2. The van der Waals surface area contributed by atoms with Crippen molar-refractivity contribution in [2.45, 2.75) is 72.1 Å². The van der Waals surface area contributed by atoms with E-state index in [0.29, 0.717) is 5.92 Å². The van der Waals surface area contributed by atoms with Crippen molar-refractivity contribution in [2.24, 2.45) is 11.3 Å². The van der Waals surface area contributed by atoms with Crippen molar-refractivity contribution in [1.29, 1.82) is 0 Å². The number of piperidine rings is 3. The minimum absolute atomic E-state index is 0.0868. The van der Waals surface area contributed by atoms with Crippen LogP contribution in [-0.4, -0.2) is 52.8 Å². The Hall–Kier alpha value is -2.53. The lowest BCUT2D eigenvalue weighted by atomic mass is 9.79. The fourth-order valence-electron chi connectivity index (χ4n) is 6.71. The van der Waals surface area contributed by atoms with E-state index in [1.807, 2.05) is 30.9 Å². The van der Waals surface area contributed by atoms with Crippen molar-refractivity contribution >= 4 is 6.09 Å². The van der Waals surface area contributed by atoms with Gasteiger partial charge in [0.2, 0.25) is 0 Å². The molecule has 0 radical (unpaired) electrons. The van der Waals surface area contributed by atoms with Crippen LogP contribution in [0.15, 0.2) is 36.4 Å². The number of nitrogens with zero attached hydrogens (tertiary/aromatic N) is 2. The number of hydrogen-bond acceptors (Lipinski definition) is 3. The van der Waals surface area contributed by atoms with E-state index < -0.39 is 6.09 Å². The summed E-state index contributed by atoms with van der Waals surface area (Å²) in [7, 11) is 0. The van der Waals surface area contributed by atoms with Crippen molar-refractivity contribution < 1.29 is 14.6 Å². The fourth-order valence-corrected chi connectivity index (χ4v) is 6.71. The standard InChI is InChI=1S/C29H38N2O3/c1-18(2)34-23-8-6-20(7-9-23)24-15-22-16-29(4,5)27(25(22)14-19(24)3)31(28(32)33)26-17-30-12-10-21(26)11-13-30/h6-9,14-15,18,21,26-27H,10-13,16-17H2,1-5H3,(H,32,33)/t26-,27+/m1/s1. The molecule has 182 valence electrons. The molecule has 2 aromatic carbocycles. The molecule has 0 saturated carbocycles. The van der Waals surface area contributed by atoms with Gasteiger partial charge < -0.3 is 14.7 Å². The van der Waals surface area contributed by atoms with Crippen LogP contribution in [0.2, 0.25) is 0 Å². The largest absolute Gasteiger partial charge is 0.491 e. The van der Waals surface area contributed by atoms with Crippen molar-refractivity contribution in [1.82, 2.24) is 9.80 Å². The first-order chi connectivity index (χ1) is 16.1. The lowest BCUT2D eigenvalue weighted by molar-refractivity contribution is -0.0267. The number of rotatable bonds is 5. The van der Waals surface area contributed by atoms with Gasteiger partial charge in [0, 0.05) is 6.54 Å². The van der Waals surface area contributed by atoms with Crippen molar-refractivity contribution in [3.8, 4) is 16.9 Å². The highest BCUT2D eigenvalue weighted by Gasteiger charge is 2.50. The van der Waals surface area contributed by atoms with E-state index in [-0.39, 0.29) is 23.6 Å². The molecule has 2 atom stereocenters. The minimum Gasteiger partial charge on any atom is -0.491 e. The zero-order valence-electron chi connectivity index (χ0n) is 21.2. The molecule has 2 aromatic rings. The molecule has 5 heteroatoms. The maximum Gasteiger partial charge on any atom is 0.408 e. The molecule has 2 bridgehead atoms. The lowest BCUT2D eigenvalue weighted by Crippen LogP contribution is -2.60. The molecule has 1 amide bonds. The highest BCUT2D eigenvalue weighted by molar-refractivity contribution is 5.72. The van der Waals surface area contributed by atoms with Crippen molar-refractivity contribution in [3.05, 3.63) is 53.1 Å². The van der Waals surface area contributed by atoms with Gasteiger partial charge in [0.1, 0.15) is 5.75 Å². The molecule has 4 aliphatic rings. The van der Waals surface area contributed by atoms with E-state index in [1.165, 1.54) is 27.8 Å². The number of carboxylic acid groups (broad SMARTS) is 1. The first-order valence-electron chi connectivity index (χ1n) is 12.8. The van der Waals surface area contributed by atoms with E-state index in [9.17, 15) is 9.90 Å². The molecule has 5 nitrogen and oxygen atoms in total. The Balaban J connectivity index is 1.50. The number of amides is 1. The van der Waals surface area contributed by atoms with E-state index in [0.717, 1.165) is 44.6 Å². The predicted octanol–water partition coefficient (Wildman–Crippen LogP) is 6.15. The van der Waals surface area contributed by atoms with Gasteiger partial charge in [-0.2, -0.15) is 0 Å². The monoisotopic (exact) mass is 462 g/mol. The van der Waals surface area contributed by atoms with E-state index in [1.54, 1.807) is 0 Å². The van der Waals surface area contributed by atoms with E-state index in [4.69, 9.17) is 4.74 Å². The molecule has 34 heavy (non-hydrogen) atoms. The van der Waals surface area contributed by atoms with Crippen LogP contribution < -0.4 is 4.74 Å². The van der Waals surface area contributed by atoms with Gasteiger partial charge in [0.25, 0.3) is 0 Å². The Kier molecular flexibility index (Phi) is 5.87. The third-order valence-electron chi connectivity index (χ3n) is 8.18. The molecule has 3 saturated heterocycles. The Morgan fingerprint density at radius 2 is 1.82 bits per heavy atom. The van der Waals surface area contributed by atoms with Crippen LogP contribution in [0.3, 0.4) is 0 Å². The topological polar surface area (TPSA) is 53.0 Å². The molecule has 3 fully saturated rings. The molecule has 3 heterocycles. The fraction of sp³-hybridized carbons (Fsp3) is 0.552. The third-order valence-corrected chi connectivity index (χ3v) is 8.18. The van der Waals surface area contributed by atoms with Crippen LogP contribution >= 0.6 is 0 Å². The van der Waals surface area contributed by atoms with Gasteiger partial charge in [-0.3, -0.25) is 4.90 Å². The predicted molar refractivity (Wildman–Crippen MR) is 135 cm³/mol. The number of hydrogen-bond donors (Lipinski definition) is 1. The van der Waals surface area contributed by atoms with Gasteiger partial charge >= 0.3 is 6.09 Å². The minimum atomic E-state index is -0.771. The highest BCUT2D eigenvalue weighted by Crippen LogP contribution is 2.52. The van der Waals surface area contributed by atoms with Gasteiger partial charge in [-0.05, 0) is 104 Å². The highest BCUT2D eigenvalue weighted by atomic mass is 16.5. The Bertz CT molecular complexity index is 1070. The summed E-state index contributed by atoms with van der Waals surface area (Å²) < 4.78 is 5.81. The normalized spacial score (nSPS) is 27.0. The number of ether oxygens (including phenoxy) is 1. The molecule has 0 aromatic heterocycles. The molecule has 0 unspecified atom stereocenters. The van der Waals surface area contributed by atoms with Gasteiger partial charge in [-0.25, -0.2) is 4.79 Å². The van der Waals surface area contributed by atoms with Crippen LogP contribution in [-0.2, 0) is 6.42 Å². The van der Waals surface area contributed by atoms with Crippen LogP contribution in [0.4, 0.5) is 4.79 Å². The first kappa shape index (κ1) is 23.2. The summed E-state index contributed by atoms with van der Waals surface area (Å²) in [6, 6.07) is 12.9. The summed E-state index contributed by atoms with van der Waals surface area (Å²) in [5, 5.41) is 10.5. The van der Waals surface area contributed by atoms with Crippen molar-refractivity contribution in [3.63, 3.8) is 0 Å². The smallest absolute Gasteiger partial charge is 0.408 e. The first-order valence-corrected chi connectivity index (χ1v) is 12.8. The molecular formula is C29H38N2O3. The second-order valence-electron chi connectivity index (χ2n) is 11.5. The van der Waals surface area contributed by atoms with Gasteiger partial charge in [-0.15, -0.1) is 0 Å². The Labute approximate surface area is 203 Å². The summed E-state index contributed by atoms with van der Waals surface area (Å²) >= 11 is 0. The number of benzene rings is 2. The Morgan fingerprint density at radius 1 is 1.15 bits per heavy atom. The molecule has 6 rings (SSSR count). The average molecular weight is 463 g/mol. The number of carbonyl (C=O) groups is 1. The average Bonchev–Trinajstić information content (AvgIpc) is 3.03. The van der Waals surface area contributed by atoms with Crippen molar-refractivity contribution in [2.75, 3.05) is 19.6 Å². The molecule has 1 aliphatic carbocycles. The number of aryl methyl sites for hydroxylation is 1. The molecular weight excluding hydrogens is 424 g/mol. The maximum absolute atomic E-state index is 12.7. The number of fused-ring (bicyclic) bond motifs is 4. The van der Waals surface area contributed by atoms with E-state index >= 15 is 0 Å². The van der Waals surface area contributed by atoms with Crippen LogP contribution in [0.25, 0.3) is 11.1 Å². The third kappa shape index (κ3) is 4.08. The summed E-state index contributed by atoms with van der Waals surface area (Å²) in [6.07, 6.45) is 2.50. The summed E-state index contributed by atoms with van der Waals surface area (Å²) in [4.78, 5) is 17.0. The maximum atomic E-state index is 12.7. The molecule has 1 N–H and O–H groups in total. The van der Waals surface area contributed by atoms with Gasteiger partial charge in [0.05, 0.1) is 18.2 Å². The second kappa shape index (κ2) is 8.60. The van der Waals surface area contributed by atoms with Gasteiger partial charge in [-0.1, -0.05) is 38.1 Å². The molecule has 0 spiro atoms. The lowest BCUT2D eigenvalue weighted by Gasteiger charge is -2.51.